The second-order valence-electron chi connectivity index (χ2n) is 6.15. The minimum atomic E-state index is -3.32. The molecule has 0 bridgehead atoms. The Hall–Kier alpha value is -2.47. The summed E-state index contributed by atoms with van der Waals surface area (Å²) in [7, 11) is -3.32. The molecule has 1 heterocycles. The van der Waals surface area contributed by atoms with Crippen LogP contribution in [0.5, 0.6) is 0 Å². The first kappa shape index (κ1) is 17.4. The van der Waals surface area contributed by atoms with E-state index in [0.717, 1.165) is 6.26 Å². The maximum Gasteiger partial charge on any atom is 0.339 e. The van der Waals surface area contributed by atoms with Crippen molar-refractivity contribution in [1.82, 2.24) is 0 Å². The minimum absolute atomic E-state index is 0.0708. The van der Waals surface area contributed by atoms with Gasteiger partial charge in [-0.05, 0) is 48.2 Å². The predicted octanol–water partition coefficient (Wildman–Crippen LogP) is 3.31. The van der Waals surface area contributed by atoms with Crippen LogP contribution in [0.4, 0.5) is 4.39 Å². The molecular formula is C19H17FO4S. The Kier molecular flexibility index (Phi) is 4.24. The molecule has 0 saturated heterocycles. The number of rotatable bonds is 3. The summed E-state index contributed by atoms with van der Waals surface area (Å²) in [4.78, 5) is 12.4. The number of aryl methyl sites for hydroxylation is 2. The molecule has 3 rings (SSSR count). The van der Waals surface area contributed by atoms with Crippen molar-refractivity contribution in [3.63, 3.8) is 0 Å². The van der Waals surface area contributed by atoms with Gasteiger partial charge in [0, 0.05) is 11.8 Å². The lowest BCUT2D eigenvalue weighted by atomic mass is 9.95. The molecule has 0 saturated carbocycles. The van der Waals surface area contributed by atoms with Gasteiger partial charge in [0.05, 0.1) is 10.5 Å². The summed E-state index contributed by atoms with van der Waals surface area (Å²) in [6.07, 6.45) is 1.15. The van der Waals surface area contributed by atoms with Gasteiger partial charge in [0.25, 0.3) is 0 Å². The fraction of sp³-hybridized carbons (Fsp3) is 0.211. The van der Waals surface area contributed by atoms with Crippen molar-refractivity contribution in [2.75, 3.05) is 12.9 Å². The van der Waals surface area contributed by atoms with Crippen LogP contribution in [-0.2, 0) is 19.4 Å². The highest BCUT2D eigenvalue weighted by Gasteiger charge is 2.28. The molecule has 1 aliphatic heterocycles. The molecule has 0 unspecified atom stereocenters. The lowest BCUT2D eigenvalue weighted by Gasteiger charge is -2.09. The van der Waals surface area contributed by atoms with Crippen LogP contribution in [0.2, 0.25) is 0 Å². The molecule has 0 aromatic heterocycles. The molecule has 2 aromatic carbocycles. The van der Waals surface area contributed by atoms with Crippen molar-refractivity contribution in [3.8, 4) is 0 Å². The van der Waals surface area contributed by atoms with Crippen LogP contribution >= 0.6 is 0 Å². The average Bonchev–Trinajstić information content (AvgIpc) is 2.90. The molecule has 0 atom stereocenters. The normalized spacial score (nSPS) is 14.8. The molecular weight excluding hydrogens is 343 g/mol. The first-order valence-corrected chi connectivity index (χ1v) is 9.55. The van der Waals surface area contributed by atoms with Gasteiger partial charge in [-0.25, -0.2) is 17.6 Å². The van der Waals surface area contributed by atoms with E-state index in [4.69, 9.17) is 4.74 Å². The summed E-state index contributed by atoms with van der Waals surface area (Å²) in [6, 6.07) is 9.47. The summed E-state index contributed by atoms with van der Waals surface area (Å²) in [6.45, 7) is 3.42. The summed E-state index contributed by atoms with van der Waals surface area (Å²) < 4.78 is 42.6. The van der Waals surface area contributed by atoms with Crippen molar-refractivity contribution in [2.45, 2.75) is 18.7 Å². The first-order valence-electron chi connectivity index (χ1n) is 7.66. The highest BCUT2D eigenvalue weighted by molar-refractivity contribution is 7.90. The number of hydrogen-bond acceptors (Lipinski definition) is 4. The lowest BCUT2D eigenvalue weighted by Crippen LogP contribution is -2.01. The Balaban J connectivity index is 2.16. The highest BCUT2D eigenvalue weighted by Crippen LogP contribution is 2.34. The molecule has 0 spiro atoms. The van der Waals surface area contributed by atoms with Crippen molar-refractivity contribution in [2.24, 2.45) is 0 Å². The van der Waals surface area contributed by atoms with E-state index in [1.807, 2.05) is 0 Å². The molecule has 0 N–H and O–H groups in total. The standard InChI is InChI=1S/C19H17FO4S/c1-11-4-5-14(9-16(11)20)18-15(10-24-19(18)21)13-6-7-17(12(2)8-13)25(3,22)23/h4-9H,10H2,1-3H3. The smallest absolute Gasteiger partial charge is 0.339 e. The quantitative estimate of drug-likeness (QED) is 0.788. The van der Waals surface area contributed by atoms with E-state index < -0.39 is 21.6 Å². The van der Waals surface area contributed by atoms with Gasteiger partial charge in [-0.1, -0.05) is 24.3 Å². The SMILES string of the molecule is Cc1ccc(C2=C(c3ccc(S(C)(=O)=O)c(C)c3)COC2=O)cc1F. The Morgan fingerprint density at radius 2 is 1.68 bits per heavy atom. The molecule has 0 aliphatic carbocycles. The van der Waals surface area contributed by atoms with E-state index >= 15 is 0 Å². The molecule has 0 fully saturated rings. The van der Waals surface area contributed by atoms with Crippen LogP contribution in [0.25, 0.3) is 11.1 Å². The van der Waals surface area contributed by atoms with E-state index in [-0.39, 0.29) is 11.5 Å². The lowest BCUT2D eigenvalue weighted by molar-refractivity contribution is -0.133. The third-order valence-electron chi connectivity index (χ3n) is 4.24. The zero-order valence-corrected chi connectivity index (χ0v) is 14.9. The molecule has 130 valence electrons. The number of carbonyl (C=O) groups is 1. The van der Waals surface area contributed by atoms with Crippen LogP contribution in [0.1, 0.15) is 22.3 Å². The number of esters is 1. The molecule has 4 nitrogen and oxygen atoms in total. The summed E-state index contributed by atoms with van der Waals surface area (Å²) in [5, 5.41) is 0. The van der Waals surface area contributed by atoms with Crippen LogP contribution in [0, 0.1) is 19.7 Å². The van der Waals surface area contributed by atoms with Crippen molar-refractivity contribution in [1.29, 1.82) is 0 Å². The number of ether oxygens (including phenoxy) is 1. The molecule has 6 heteroatoms. The maximum atomic E-state index is 13.9. The molecule has 25 heavy (non-hydrogen) atoms. The number of sulfone groups is 1. The monoisotopic (exact) mass is 360 g/mol. The van der Waals surface area contributed by atoms with E-state index in [1.54, 1.807) is 38.1 Å². The molecule has 1 aliphatic rings. The highest BCUT2D eigenvalue weighted by atomic mass is 32.2. The largest absolute Gasteiger partial charge is 0.457 e. The fourth-order valence-electron chi connectivity index (χ4n) is 2.93. The minimum Gasteiger partial charge on any atom is -0.457 e. The van der Waals surface area contributed by atoms with Gasteiger partial charge in [-0.15, -0.1) is 0 Å². The van der Waals surface area contributed by atoms with E-state index in [2.05, 4.69) is 0 Å². The van der Waals surface area contributed by atoms with Gasteiger partial charge in [-0.3, -0.25) is 0 Å². The Labute approximate surface area is 145 Å². The number of benzene rings is 2. The van der Waals surface area contributed by atoms with Gasteiger partial charge in [0.1, 0.15) is 12.4 Å². The topological polar surface area (TPSA) is 60.4 Å². The van der Waals surface area contributed by atoms with Crippen LogP contribution in [0.15, 0.2) is 41.3 Å². The number of cyclic esters (lactones) is 1. The van der Waals surface area contributed by atoms with Crippen LogP contribution < -0.4 is 0 Å². The second-order valence-corrected chi connectivity index (χ2v) is 8.13. The van der Waals surface area contributed by atoms with Crippen molar-refractivity contribution < 1.29 is 22.3 Å². The Morgan fingerprint density at radius 3 is 2.28 bits per heavy atom. The number of hydrogen-bond donors (Lipinski definition) is 0. The van der Waals surface area contributed by atoms with Gasteiger partial charge < -0.3 is 4.74 Å². The van der Waals surface area contributed by atoms with E-state index in [1.165, 1.54) is 12.1 Å². The summed E-state index contributed by atoms with van der Waals surface area (Å²) in [5.74, 6) is -0.907. The summed E-state index contributed by atoms with van der Waals surface area (Å²) in [5.41, 5.74) is 3.14. The van der Waals surface area contributed by atoms with Gasteiger partial charge in [0.2, 0.25) is 0 Å². The number of halogens is 1. The van der Waals surface area contributed by atoms with Crippen LogP contribution in [-0.4, -0.2) is 27.2 Å². The Morgan fingerprint density at radius 1 is 1.00 bits per heavy atom. The zero-order chi connectivity index (χ0) is 18.4. The molecule has 0 amide bonds. The van der Waals surface area contributed by atoms with Gasteiger partial charge in [0.15, 0.2) is 9.84 Å². The zero-order valence-electron chi connectivity index (χ0n) is 14.1. The number of carbonyl (C=O) groups excluding carboxylic acids is 1. The Bertz CT molecular complexity index is 1020. The maximum absolute atomic E-state index is 13.9. The van der Waals surface area contributed by atoms with Crippen molar-refractivity contribution in [3.05, 3.63) is 64.5 Å². The van der Waals surface area contributed by atoms with E-state index in [9.17, 15) is 17.6 Å². The van der Waals surface area contributed by atoms with E-state index in [0.29, 0.717) is 33.4 Å². The predicted molar refractivity (Wildman–Crippen MR) is 93.2 cm³/mol. The first-order chi connectivity index (χ1) is 11.7. The fourth-order valence-corrected chi connectivity index (χ4v) is 3.89. The van der Waals surface area contributed by atoms with Gasteiger partial charge in [-0.2, -0.15) is 0 Å². The molecule has 0 radical (unpaired) electrons. The van der Waals surface area contributed by atoms with Crippen LogP contribution in [0.3, 0.4) is 0 Å². The van der Waals surface area contributed by atoms with Crippen molar-refractivity contribution >= 4 is 27.0 Å². The average molecular weight is 360 g/mol. The summed E-state index contributed by atoms with van der Waals surface area (Å²) >= 11 is 0. The third kappa shape index (κ3) is 3.22. The molecule has 2 aromatic rings. The second kappa shape index (κ2) is 6.11. The van der Waals surface area contributed by atoms with Gasteiger partial charge >= 0.3 is 5.97 Å². The third-order valence-corrected chi connectivity index (χ3v) is 5.49.